The highest BCUT2D eigenvalue weighted by atomic mass is 16.5. The Balaban J connectivity index is 1.75. The van der Waals surface area contributed by atoms with Crippen molar-refractivity contribution in [2.75, 3.05) is 24.6 Å². The minimum atomic E-state index is -0.389. The van der Waals surface area contributed by atoms with Crippen LogP contribution in [0.2, 0.25) is 0 Å². The number of carbonyl (C=O) groups excluding carboxylic acids is 1. The van der Waals surface area contributed by atoms with Crippen LogP contribution in [0.1, 0.15) is 26.7 Å². The Hall–Kier alpha value is -4.25. The molecule has 0 saturated heterocycles. The molecule has 1 aromatic carbocycles. The van der Waals surface area contributed by atoms with Crippen LogP contribution in [-0.2, 0) is 9.53 Å². The summed E-state index contributed by atoms with van der Waals surface area (Å²) in [7, 11) is 0. The van der Waals surface area contributed by atoms with Gasteiger partial charge in [0.15, 0.2) is 11.3 Å². The van der Waals surface area contributed by atoms with E-state index in [1.807, 2.05) is 36.5 Å². The third-order valence-corrected chi connectivity index (χ3v) is 5.46. The number of unbranched alkanes of at least 4 members (excludes halogenated alkanes) is 1. The lowest BCUT2D eigenvalue weighted by Gasteiger charge is -2.25. The summed E-state index contributed by atoms with van der Waals surface area (Å²) in [5.41, 5.74) is 3.90. The molecule has 8 nitrogen and oxygen atoms in total. The summed E-state index contributed by atoms with van der Waals surface area (Å²) in [5.74, 6) is 0.134. The number of anilines is 1. The molecule has 0 fully saturated rings. The summed E-state index contributed by atoms with van der Waals surface area (Å²) in [6, 6.07) is 11.3. The second kappa shape index (κ2) is 10.1. The Bertz CT molecular complexity index is 1450. The van der Waals surface area contributed by atoms with Crippen LogP contribution in [0.3, 0.4) is 0 Å². The number of nitriles is 1. The van der Waals surface area contributed by atoms with E-state index >= 15 is 0 Å². The number of carbonyl (C=O) groups is 1. The molecular formula is C26H25N5O3. The molecule has 34 heavy (non-hydrogen) atoms. The maximum atomic E-state index is 11.7. The fraction of sp³-hybridized carbons (Fsp3) is 0.269. The van der Waals surface area contributed by atoms with Crippen LogP contribution >= 0.6 is 0 Å². The van der Waals surface area contributed by atoms with Crippen LogP contribution in [-0.4, -0.2) is 35.6 Å². The zero-order valence-electron chi connectivity index (χ0n) is 19.2. The minimum absolute atomic E-state index is 0.262. The molecule has 2 aromatic rings. The second-order valence-electron chi connectivity index (χ2n) is 7.98. The van der Waals surface area contributed by atoms with Gasteiger partial charge in [0.1, 0.15) is 23.2 Å². The van der Waals surface area contributed by atoms with Crippen LogP contribution in [0.25, 0.3) is 33.5 Å². The number of hydrogen-bond acceptors (Lipinski definition) is 8. The molecule has 0 N–H and O–H groups in total. The predicted molar refractivity (Wildman–Crippen MR) is 130 cm³/mol. The van der Waals surface area contributed by atoms with Crippen molar-refractivity contribution in [3.8, 4) is 17.6 Å². The number of rotatable bonds is 8. The SMILES string of the molecule is C=C(C)C(=O)OCCN(CCCC)c1ccc2nc3c4cccnc4c(=NC#N)cc-3oc2c1. The van der Waals surface area contributed by atoms with Gasteiger partial charge in [-0.15, -0.1) is 0 Å². The van der Waals surface area contributed by atoms with E-state index < -0.39 is 0 Å². The molecule has 4 rings (SSSR count). The number of fused-ring (bicyclic) bond motifs is 4. The van der Waals surface area contributed by atoms with Gasteiger partial charge in [0.05, 0.1) is 12.1 Å². The lowest BCUT2D eigenvalue weighted by atomic mass is 10.1. The number of aromatic nitrogens is 2. The molecule has 0 amide bonds. The first-order chi connectivity index (χ1) is 16.5. The summed E-state index contributed by atoms with van der Waals surface area (Å²) < 4.78 is 11.5. The molecule has 172 valence electrons. The number of esters is 1. The van der Waals surface area contributed by atoms with Crippen LogP contribution in [0.4, 0.5) is 5.69 Å². The molecule has 0 spiro atoms. The quantitative estimate of drug-likeness (QED) is 0.126. The van der Waals surface area contributed by atoms with E-state index in [-0.39, 0.29) is 12.6 Å². The standard InChI is InChI=1S/C26H25N5O3/c1-4-5-11-31(12-13-33-26(32)17(2)3)18-8-9-20-22(14-18)34-23-15-21(29-16-27)24-19(25(23)30-20)7-6-10-28-24/h6-10,14-15H,2,4-5,11-13H2,1,3H3. The van der Waals surface area contributed by atoms with E-state index in [1.165, 1.54) is 0 Å². The maximum absolute atomic E-state index is 11.7. The van der Waals surface area contributed by atoms with Crippen molar-refractivity contribution >= 4 is 33.7 Å². The highest BCUT2D eigenvalue weighted by Crippen LogP contribution is 2.31. The third kappa shape index (κ3) is 4.74. The molecule has 0 saturated carbocycles. The van der Waals surface area contributed by atoms with Crippen LogP contribution < -0.4 is 10.3 Å². The maximum Gasteiger partial charge on any atom is 0.333 e. The van der Waals surface area contributed by atoms with Crippen molar-refractivity contribution in [1.82, 2.24) is 9.97 Å². The third-order valence-electron chi connectivity index (χ3n) is 5.46. The van der Waals surface area contributed by atoms with E-state index in [0.29, 0.717) is 45.5 Å². The molecule has 2 heterocycles. The largest absolute Gasteiger partial charge is 0.460 e. The van der Waals surface area contributed by atoms with E-state index in [2.05, 4.69) is 28.4 Å². The van der Waals surface area contributed by atoms with Gasteiger partial charge in [-0.05, 0) is 37.6 Å². The molecule has 0 radical (unpaired) electrons. The number of ether oxygens (including phenoxy) is 1. The fourth-order valence-corrected chi connectivity index (χ4v) is 3.73. The fourth-order valence-electron chi connectivity index (χ4n) is 3.73. The second-order valence-corrected chi connectivity index (χ2v) is 7.98. The van der Waals surface area contributed by atoms with Crippen molar-refractivity contribution < 1.29 is 13.9 Å². The summed E-state index contributed by atoms with van der Waals surface area (Å²) in [6.45, 7) is 9.01. The molecule has 1 aliphatic heterocycles. The summed E-state index contributed by atoms with van der Waals surface area (Å²) in [5, 5.41) is 10.3. The topological polar surface area (TPSA) is 105 Å². The monoisotopic (exact) mass is 455 g/mol. The summed E-state index contributed by atoms with van der Waals surface area (Å²) >= 11 is 0. The number of pyridine rings is 1. The van der Waals surface area contributed by atoms with Gasteiger partial charge in [0.2, 0.25) is 6.19 Å². The van der Waals surface area contributed by atoms with Crippen molar-refractivity contribution in [2.24, 2.45) is 4.99 Å². The van der Waals surface area contributed by atoms with Gasteiger partial charge in [0.25, 0.3) is 0 Å². The van der Waals surface area contributed by atoms with Crippen molar-refractivity contribution in [2.45, 2.75) is 26.7 Å². The van der Waals surface area contributed by atoms with Gasteiger partial charge in [-0.3, -0.25) is 4.98 Å². The Labute approximate surface area is 197 Å². The first kappa shape index (κ1) is 22.9. The Kier molecular flexibility index (Phi) is 6.83. The molecule has 8 heteroatoms. The first-order valence-corrected chi connectivity index (χ1v) is 11.1. The molecule has 1 aliphatic carbocycles. The highest BCUT2D eigenvalue weighted by Gasteiger charge is 2.17. The molecule has 0 bridgehead atoms. The highest BCUT2D eigenvalue weighted by molar-refractivity contribution is 5.94. The average molecular weight is 456 g/mol. The van der Waals surface area contributed by atoms with Gasteiger partial charge in [-0.1, -0.05) is 19.9 Å². The zero-order chi connectivity index (χ0) is 24.1. The lowest BCUT2D eigenvalue weighted by molar-refractivity contribution is -0.138. The van der Waals surface area contributed by atoms with Crippen molar-refractivity contribution in [3.05, 3.63) is 60.1 Å². The van der Waals surface area contributed by atoms with Gasteiger partial charge in [-0.2, -0.15) is 10.3 Å². The van der Waals surface area contributed by atoms with Gasteiger partial charge >= 0.3 is 5.97 Å². The molecule has 2 aliphatic rings. The Morgan fingerprint density at radius 2 is 2.15 bits per heavy atom. The molecule has 0 atom stereocenters. The average Bonchev–Trinajstić information content (AvgIpc) is 2.85. The molecule has 1 aromatic heterocycles. The van der Waals surface area contributed by atoms with Gasteiger partial charge in [-0.25, -0.2) is 9.78 Å². The number of benzene rings is 2. The van der Waals surface area contributed by atoms with Crippen LogP contribution in [0.5, 0.6) is 0 Å². The summed E-state index contributed by atoms with van der Waals surface area (Å²) in [6.07, 6.45) is 5.53. The van der Waals surface area contributed by atoms with Gasteiger partial charge < -0.3 is 14.1 Å². The smallest absolute Gasteiger partial charge is 0.333 e. The zero-order valence-corrected chi connectivity index (χ0v) is 19.2. The van der Waals surface area contributed by atoms with E-state index in [9.17, 15) is 4.79 Å². The van der Waals surface area contributed by atoms with Crippen molar-refractivity contribution in [3.63, 3.8) is 0 Å². The van der Waals surface area contributed by atoms with E-state index in [4.69, 9.17) is 19.4 Å². The minimum Gasteiger partial charge on any atom is -0.460 e. The van der Waals surface area contributed by atoms with Crippen LogP contribution in [0, 0.1) is 11.5 Å². The molecular weight excluding hydrogens is 430 g/mol. The normalized spacial score (nSPS) is 11.6. The number of hydrogen-bond donors (Lipinski definition) is 0. The Morgan fingerprint density at radius 1 is 1.29 bits per heavy atom. The van der Waals surface area contributed by atoms with Crippen molar-refractivity contribution in [1.29, 1.82) is 5.26 Å². The van der Waals surface area contributed by atoms with Gasteiger partial charge in [0, 0.05) is 41.5 Å². The number of nitrogens with zero attached hydrogens (tertiary/aromatic N) is 5. The lowest BCUT2D eigenvalue weighted by Crippen LogP contribution is -2.29. The Morgan fingerprint density at radius 3 is 2.91 bits per heavy atom. The summed E-state index contributed by atoms with van der Waals surface area (Å²) in [4.78, 5) is 27.0. The molecule has 0 unspecified atom stereocenters. The van der Waals surface area contributed by atoms with E-state index in [1.54, 1.807) is 19.2 Å². The predicted octanol–water partition coefficient (Wildman–Crippen LogP) is 4.59. The van der Waals surface area contributed by atoms with Crippen LogP contribution in [0.15, 0.2) is 64.2 Å². The first-order valence-electron chi connectivity index (χ1n) is 11.1. The van der Waals surface area contributed by atoms with E-state index in [0.717, 1.165) is 30.5 Å².